The molecule has 190 valence electrons. The van der Waals surface area contributed by atoms with Crippen LogP contribution in [0.2, 0.25) is 0 Å². The Bertz CT molecular complexity index is 1370. The number of nitrogens with one attached hydrogen (secondary N) is 1. The van der Waals surface area contributed by atoms with Crippen molar-refractivity contribution in [3.63, 3.8) is 0 Å². The maximum absolute atomic E-state index is 14.9. The van der Waals surface area contributed by atoms with Gasteiger partial charge in [-0.3, -0.25) is 9.79 Å². The Balaban J connectivity index is 1.50. The molecule has 4 rings (SSSR count). The summed E-state index contributed by atoms with van der Waals surface area (Å²) in [6, 6.07) is 19.9. The highest BCUT2D eigenvalue weighted by atomic mass is 19.4. The van der Waals surface area contributed by atoms with Crippen LogP contribution in [0.4, 0.5) is 23.2 Å². The summed E-state index contributed by atoms with van der Waals surface area (Å²) in [5, 5.41) is 11.6. The molecule has 3 aromatic carbocycles. The van der Waals surface area contributed by atoms with E-state index in [1.54, 1.807) is 30.3 Å². The maximum Gasteiger partial charge on any atom is 0.429 e. The van der Waals surface area contributed by atoms with Crippen molar-refractivity contribution in [2.24, 2.45) is 10.9 Å². The molecule has 0 bridgehead atoms. The fourth-order valence-electron chi connectivity index (χ4n) is 4.58. The van der Waals surface area contributed by atoms with Crippen LogP contribution < -0.4 is 5.32 Å². The van der Waals surface area contributed by atoms with E-state index in [0.717, 1.165) is 11.1 Å². The SMILES string of the molecule is Cc1ccccc1-c1ccc(NC(=O)C2CCC(Cc3cccc(C#N)c3)N=C(C(F)(F)F)C2)c(F)c1. The van der Waals surface area contributed by atoms with E-state index in [0.29, 0.717) is 16.7 Å². The topological polar surface area (TPSA) is 65.2 Å². The zero-order valence-corrected chi connectivity index (χ0v) is 20.1. The first-order valence-corrected chi connectivity index (χ1v) is 11.9. The van der Waals surface area contributed by atoms with E-state index in [1.165, 1.54) is 12.1 Å². The third kappa shape index (κ3) is 6.42. The van der Waals surface area contributed by atoms with Gasteiger partial charge in [-0.25, -0.2) is 4.39 Å². The van der Waals surface area contributed by atoms with Crippen molar-refractivity contribution in [3.8, 4) is 17.2 Å². The van der Waals surface area contributed by atoms with Gasteiger partial charge in [-0.05, 0) is 72.7 Å². The van der Waals surface area contributed by atoms with E-state index >= 15 is 0 Å². The number of anilines is 1. The Hall–Kier alpha value is -3.99. The average molecular weight is 508 g/mol. The number of hydrogen-bond donors (Lipinski definition) is 1. The molecule has 0 saturated carbocycles. The van der Waals surface area contributed by atoms with Crippen molar-refractivity contribution in [2.75, 3.05) is 5.32 Å². The Morgan fingerprint density at radius 2 is 1.86 bits per heavy atom. The largest absolute Gasteiger partial charge is 0.429 e. The lowest BCUT2D eigenvalue weighted by molar-refractivity contribution is -0.120. The Kier molecular flexibility index (Phi) is 7.72. The molecule has 1 aliphatic rings. The van der Waals surface area contributed by atoms with Crippen molar-refractivity contribution in [2.45, 2.75) is 44.8 Å². The van der Waals surface area contributed by atoms with Crippen LogP contribution >= 0.6 is 0 Å². The molecule has 0 saturated heterocycles. The number of nitriles is 1. The minimum absolute atomic E-state index is 0.0815. The van der Waals surface area contributed by atoms with E-state index < -0.39 is 42.0 Å². The van der Waals surface area contributed by atoms with Crippen LogP contribution in [-0.4, -0.2) is 23.8 Å². The summed E-state index contributed by atoms with van der Waals surface area (Å²) in [5.41, 5.74) is 2.49. The average Bonchev–Trinajstić information content (AvgIpc) is 3.09. The standard InChI is InChI=1S/C29H25F4N3O/c1-18-5-2-3-8-24(18)21-10-12-26(25(30)15-21)36-28(37)22-9-11-23(35-27(16-22)29(31,32)33)14-19-6-4-7-20(13-19)17-34/h2-8,10,12-13,15,22-23H,9,11,14,16H2,1H3,(H,36,37). The number of hydrogen-bond acceptors (Lipinski definition) is 3. The van der Waals surface area contributed by atoms with Gasteiger partial charge < -0.3 is 5.32 Å². The fraction of sp³-hybridized carbons (Fsp3) is 0.276. The molecular formula is C29H25F4N3O. The van der Waals surface area contributed by atoms with Crippen molar-refractivity contribution >= 4 is 17.3 Å². The first-order chi connectivity index (χ1) is 17.6. The van der Waals surface area contributed by atoms with Crippen molar-refractivity contribution in [3.05, 3.63) is 89.2 Å². The second-order valence-corrected chi connectivity index (χ2v) is 9.22. The summed E-state index contributed by atoms with van der Waals surface area (Å²) in [6.45, 7) is 1.91. The quantitative estimate of drug-likeness (QED) is 0.377. The first-order valence-electron chi connectivity index (χ1n) is 11.9. The number of alkyl halides is 3. The van der Waals surface area contributed by atoms with Gasteiger partial charge in [0.05, 0.1) is 23.4 Å². The monoisotopic (exact) mass is 507 g/mol. The summed E-state index contributed by atoms with van der Waals surface area (Å²) < 4.78 is 56.1. The summed E-state index contributed by atoms with van der Waals surface area (Å²) in [7, 11) is 0. The summed E-state index contributed by atoms with van der Waals surface area (Å²) in [4.78, 5) is 16.9. The molecule has 1 amide bonds. The van der Waals surface area contributed by atoms with Crippen LogP contribution in [0.3, 0.4) is 0 Å². The van der Waals surface area contributed by atoms with Gasteiger partial charge in [-0.2, -0.15) is 18.4 Å². The third-order valence-corrected chi connectivity index (χ3v) is 6.53. The van der Waals surface area contributed by atoms with Gasteiger partial charge in [0, 0.05) is 12.3 Å². The molecule has 4 nitrogen and oxygen atoms in total. The van der Waals surface area contributed by atoms with E-state index in [1.807, 2.05) is 37.3 Å². The maximum atomic E-state index is 14.9. The fourth-order valence-corrected chi connectivity index (χ4v) is 4.58. The van der Waals surface area contributed by atoms with Gasteiger partial charge in [0.25, 0.3) is 0 Å². The number of nitrogens with zero attached hydrogens (tertiary/aromatic N) is 2. The van der Waals surface area contributed by atoms with E-state index in [-0.39, 0.29) is 24.9 Å². The summed E-state index contributed by atoms with van der Waals surface area (Å²) in [6.07, 6.45) is -4.62. The van der Waals surface area contributed by atoms with Gasteiger partial charge in [0.15, 0.2) is 0 Å². The van der Waals surface area contributed by atoms with E-state index in [2.05, 4.69) is 10.3 Å². The first kappa shape index (κ1) is 26.1. The molecule has 2 unspecified atom stereocenters. The number of carbonyl (C=O) groups is 1. The van der Waals surface area contributed by atoms with Crippen molar-refractivity contribution < 1.29 is 22.4 Å². The molecule has 0 spiro atoms. The number of benzene rings is 3. The lowest BCUT2D eigenvalue weighted by Gasteiger charge is -2.17. The number of amides is 1. The summed E-state index contributed by atoms with van der Waals surface area (Å²) in [5.74, 6) is -2.35. The minimum Gasteiger partial charge on any atom is -0.323 e. The van der Waals surface area contributed by atoms with Gasteiger partial charge >= 0.3 is 6.18 Å². The molecule has 3 aromatic rings. The highest BCUT2D eigenvalue weighted by Crippen LogP contribution is 2.32. The molecule has 8 heteroatoms. The number of carbonyl (C=O) groups excluding carboxylic acids is 1. The molecule has 0 aliphatic carbocycles. The van der Waals surface area contributed by atoms with Crippen molar-refractivity contribution in [1.82, 2.24) is 0 Å². The third-order valence-electron chi connectivity index (χ3n) is 6.53. The van der Waals surface area contributed by atoms with E-state index in [4.69, 9.17) is 5.26 Å². The molecule has 0 radical (unpaired) electrons. The molecular weight excluding hydrogens is 482 g/mol. The highest BCUT2D eigenvalue weighted by Gasteiger charge is 2.40. The Labute approximate surface area is 212 Å². The zero-order chi connectivity index (χ0) is 26.6. The second-order valence-electron chi connectivity index (χ2n) is 9.22. The molecule has 0 aromatic heterocycles. The van der Waals surface area contributed by atoms with Gasteiger partial charge in [-0.15, -0.1) is 0 Å². The molecule has 1 aliphatic heterocycles. The van der Waals surface area contributed by atoms with Gasteiger partial charge in [0.2, 0.25) is 5.91 Å². The number of rotatable bonds is 5. The molecule has 1 N–H and O–H groups in total. The van der Waals surface area contributed by atoms with Crippen LogP contribution in [0.5, 0.6) is 0 Å². The molecule has 1 heterocycles. The number of aryl methyl sites for hydroxylation is 1. The van der Waals surface area contributed by atoms with E-state index in [9.17, 15) is 22.4 Å². The van der Waals surface area contributed by atoms with Crippen LogP contribution in [-0.2, 0) is 11.2 Å². The van der Waals surface area contributed by atoms with Crippen molar-refractivity contribution in [1.29, 1.82) is 5.26 Å². The lowest BCUT2D eigenvalue weighted by Crippen LogP contribution is -2.30. The van der Waals surface area contributed by atoms with Crippen LogP contribution in [0, 0.1) is 30.0 Å². The molecule has 2 atom stereocenters. The normalized spacial score (nSPS) is 17.9. The Morgan fingerprint density at radius 1 is 1.08 bits per heavy atom. The molecule has 37 heavy (non-hydrogen) atoms. The number of halogens is 4. The minimum atomic E-state index is -4.68. The Morgan fingerprint density at radius 3 is 2.57 bits per heavy atom. The van der Waals surface area contributed by atoms with Gasteiger partial charge in [-0.1, -0.05) is 42.5 Å². The zero-order valence-electron chi connectivity index (χ0n) is 20.1. The smallest absolute Gasteiger partial charge is 0.323 e. The lowest BCUT2D eigenvalue weighted by atomic mass is 9.93. The number of aliphatic imine (C=N–C) groups is 1. The second kappa shape index (κ2) is 11.0. The van der Waals surface area contributed by atoms with Crippen LogP contribution in [0.1, 0.15) is 36.0 Å². The van der Waals surface area contributed by atoms with Gasteiger partial charge in [0.1, 0.15) is 11.5 Å². The van der Waals surface area contributed by atoms with Crippen LogP contribution in [0.25, 0.3) is 11.1 Å². The van der Waals surface area contributed by atoms with Crippen LogP contribution in [0.15, 0.2) is 71.7 Å². The molecule has 0 fully saturated rings. The highest BCUT2D eigenvalue weighted by molar-refractivity contribution is 5.98. The predicted molar refractivity (Wildman–Crippen MR) is 135 cm³/mol. The summed E-state index contributed by atoms with van der Waals surface area (Å²) >= 11 is 0. The predicted octanol–water partition coefficient (Wildman–Crippen LogP) is 7.03.